The molecular formula is C26H28N2O4S. The predicted octanol–water partition coefficient (Wildman–Crippen LogP) is 4.92. The standard InChI is InChI=1S/C26H28N2O4S/c1-19-9-12-23(33(31,32)28-15-5-2-6-16-28)18-24(19)27-26(30)14-13-25(29)22-11-10-20-7-3-4-8-21(20)17-22/h3-4,7-12,17-18H,2,5-6,13-16H2,1H3,(H,27,30). The molecule has 0 saturated carbocycles. The first-order valence-electron chi connectivity index (χ1n) is 11.3. The maximum atomic E-state index is 13.0. The molecule has 0 aromatic heterocycles. The molecule has 1 N–H and O–H groups in total. The summed E-state index contributed by atoms with van der Waals surface area (Å²) in [4.78, 5) is 25.3. The van der Waals surface area contributed by atoms with Crippen LogP contribution >= 0.6 is 0 Å². The van der Waals surface area contributed by atoms with Crippen molar-refractivity contribution in [2.24, 2.45) is 0 Å². The Morgan fingerprint density at radius 1 is 0.879 bits per heavy atom. The van der Waals surface area contributed by atoms with Gasteiger partial charge in [-0.05, 0) is 54.3 Å². The summed E-state index contributed by atoms with van der Waals surface area (Å²) in [6.45, 7) is 2.86. The van der Waals surface area contributed by atoms with Gasteiger partial charge in [-0.25, -0.2) is 8.42 Å². The van der Waals surface area contributed by atoms with Crippen LogP contribution in [0.15, 0.2) is 65.6 Å². The van der Waals surface area contributed by atoms with Crippen LogP contribution in [-0.4, -0.2) is 37.5 Å². The maximum absolute atomic E-state index is 13.0. The smallest absolute Gasteiger partial charge is 0.243 e. The van der Waals surface area contributed by atoms with Crippen LogP contribution in [-0.2, 0) is 14.8 Å². The number of carbonyl (C=O) groups excluding carboxylic acids is 2. The number of nitrogens with zero attached hydrogens (tertiary/aromatic N) is 1. The zero-order valence-corrected chi connectivity index (χ0v) is 19.5. The lowest BCUT2D eigenvalue weighted by atomic mass is 10.0. The molecule has 0 spiro atoms. The van der Waals surface area contributed by atoms with Crippen LogP contribution < -0.4 is 5.32 Å². The van der Waals surface area contributed by atoms with Gasteiger partial charge in [-0.2, -0.15) is 4.31 Å². The second-order valence-electron chi connectivity index (χ2n) is 8.47. The van der Waals surface area contributed by atoms with Gasteiger partial charge in [0.15, 0.2) is 5.78 Å². The summed E-state index contributed by atoms with van der Waals surface area (Å²) in [6, 6.07) is 18.1. The molecule has 1 saturated heterocycles. The first-order valence-corrected chi connectivity index (χ1v) is 12.7. The van der Waals surface area contributed by atoms with E-state index < -0.39 is 10.0 Å². The largest absolute Gasteiger partial charge is 0.326 e. The Hall–Kier alpha value is -3.03. The number of piperidine rings is 1. The van der Waals surface area contributed by atoms with E-state index in [0.717, 1.165) is 35.6 Å². The fourth-order valence-electron chi connectivity index (χ4n) is 4.10. The second kappa shape index (κ2) is 9.85. The van der Waals surface area contributed by atoms with Gasteiger partial charge in [-0.3, -0.25) is 9.59 Å². The summed E-state index contributed by atoms with van der Waals surface area (Å²) in [7, 11) is -3.59. The van der Waals surface area contributed by atoms with E-state index in [9.17, 15) is 18.0 Å². The van der Waals surface area contributed by atoms with Gasteiger partial charge in [-0.1, -0.05) is 48.9 Å². The van der Waals surface area contributed by atoms with Gasteiger partial charge in [0.25, 0.3) is 0 Å². The van der Waals surface area contributed by atoms with Gasteiger partial charge in [0.2, 0.25) is 15.9 Å². The molecule has 0 bridgehead atoms. The molecule has 1 fully saturated rings. The van der Waals surface area contributed by atoms with Crippen molar-refractivity contribution in [2.75, 3.05) is 18.4 Å². The lowest BCUT2D eigenvalue weighted by Crippen LogP contribution is -2.35. The number of ketones is 1. The zero-order valence-electron chi connectivity index (χ0n) is 18.7. The van der Waals surface area contributed by atoms with Crippen molar-refractivity contribution >= 4 is 38.2 Å². The van der Waals surface area contributed by atoms with Gasteiger partial charge < -0.3 is 5.32 Å². The van der Waals surface area contributed by atoms with E-state index in [4.69, 9.17) is 0 Å². The highest BCUT2D eigenvalue weighted by Gasteiger charge is 2.26. The molecule has 3 aromatic rings. The molecule has 0 unspecified atom stereocenters. The van der Waals surface area contributed by atoms with Gasteiger partial charge >= 0.3 is 0 Å². The van der Waals surface area contributed by atoms with E-state index in [1.165, 1.54) is 10.4 Å². The summed E-state index contributed by atoms with van der Waals surface area (Å²) < 4.78 is 27.4. The number of sulfonamides is 1. The van der Waals surface area contributed by atoms with Crippen molar-refractivity contribution in [1.29, 1.82) is 0 Å². The predicted molar refractivity (Wildman–Crippen MR) is 130 cm³/mol. The molecule has 0 aliphatic carbocycles. The number of amides is 1. The Morgan fingerprint density at radius 3 is 2.36 bits per heavy atom. The third kappa shape index (κ3) is 5.31. The number of nitrogens with one attached hydrogen (secondary N) is 1. The number of benzene rings is 3. The van der Waals surface area contributed by atoms with E-state index in [1.54, 1.807) is 18.2 Å². The van der Waals surface area contributed by atoms with E-state index in [0.29, 0.717) is 24.3 Å². The van der Waals surface area contributed by atoms with Gasteiger partial charge in [0.05, 0.1) is 4.90 Å². The summed E-state index contributed by atoms with van der Waals surface area (Å²) in [5.74, 6) is -0.422. The highest BCUT2D eigenvalue weighted by molar-refractivity contribution is 7.89. The van der Waals surface area contributed by atoms with Crippen molar-refractivity contribution in [3.8, 4) is 0 Å². The summed E-state index contributed by atoms with van der Waals surface area (Å²) in [5.41, 5.74) is 1.80. The minimum Gasteiger partial charge on any atom is -0.326 e. The van der Waals surface area contributed by atoms with Crippen LogP contribution in [0.4, 0.5) is 5.69 Å². The average Bonchev–Trinajstić information content (AvgIpc) is 2.84. The zero-order chi connectivity index (χ0) is 23.4. The molecule has 1 heterocycles. The van der Waals surface area contributed by atoms with Crippen molar-refractivity contribution in [3.05, 3.63) is 71.8 Å². The Bertz CT molecular complexity index is 1290. The molecule has 3 aromatic carbocycles. The maximum Gasteiger partial charge on any atom is 0.243 e. The molecule has 7 heteroatoms. The van der Waals surface area contributed by atoms with E-state index >= 15 is 0 Å². The molecule has 1 aliphatic rings. The van der Waals surface area contributed by atoms with Crippen LogP contribution in [0.25, 0.3) is 10.8 Å². The van der Waals surface area contributed by atoms with Gasteiger partial charge in [0, 0.05) is 37.2 Å². The van der Waals surface area contributed by atoms with Crippen LogP contribution in [0, 0.1) is 6.92 Å². The number of fused-ring (bicyclic) bond motifs is 1. The third-order valence-electron chi connectivity index (χ3n) is 6.09. The molecule has 6 nitrogen and oxygen atoms in total. The summed E-state index contributed by atoms with van der Waals surface area (Å²) >= 11 is 0. The fraction of sp³-hybridized carbons (Fsp3) is 0.308. The molecule has 0 radical (unpaired) electrons. The fourth-order valence-corrected chi connectivity index (χ4v) is 5.64. The number of hydrogen-bond donors (Lipinski definition) is 1. The molecule has 1 amide bonds. The second-order valence-corrected chi connectivity index (χ2v) is 10.4. The van der Waals surface area contributed by atoms with Crippen LogP contribution in [0.2, 0.25) is 0 Å². The van der Waals surface area contributed by atoms with Crippen molar-refractivity contribution in [1.82, 2.24) is 4.31 Å². The van der Waals surface area contributed by atoms with Crippen molar-refractivity contribution < 1.29 is 18.0 Å². The Morgan fingerprint density at radius 2 is 1.61 bits per heavy atom. The highest BCUT2D eigenvalue weighted by Crippen LogP contribution is 2.25. The summed E-state index contributed by atoms with van der Waals surface area (Å²) in [5, 5.41) is 4.83. The Kier molecular flexibility index (Phi) is 6.91. The van der Waals surface area contributed by atoms with Crippen molar-refractivity contribution in [3.63, 3.8) is 0 Å². The minimum atomic E-state index is -3.59. The molecular weight excluding hydrogens is 436 g/mol. The molecule has 33 heavy (non-hydrogen) atoms. The first-order chi connectivity index (χ1) is 15.8. The van der Waals surface area contributed by atoms with E-state index in [-0.39, 0.29) is 29.4 Å². The number of anilines is 1. The van der Waals surface area contributed by atoms with Gasteiger partial charge in [0.1, 0.15) is 0 Å². The first kappa shape index (κ1) is 23.1. The van der Waals surface area contributed by atoms with Crippen LogP contribution in [0.5, 0.6) is 0 Å². The average molecular weight is 465 g/mol. The van der Waals surface area contributed by atoms with Crippen LogP contribution in [0.1, 0.15) is 48.0 Å². The highest BCUT2D eigenvalue weighted by atomic mass is 32.2. The Balaban J connectivity index is 1.41. The molecule has 1 aliphatic heterocycles. The quantitative estimate of drug-likeness (QED) is 0.503. The lowest BCUT2D eigenvalue weighted by Gasteiger charge is -2.26. The number of Topliss-reactive ketones (excluding diaryl/α,β-unsaturated/α-hetero) is 1. The number of carbonyl (C=O) groups is 2. The topological polar surface area (TPSA) is 83.6 Å². The number of aryl methyl sites for hydroxylation is 1. The normalized spacial score (nSPS) is 14.8. The van der Waals surface area contributed by atoms with E-state index in [1.807, 2.05) is 43.3 Å². The molecule has 172 valence electrons. The monoisotopic (exact) mass is 464 g/mol. The van der Waals surface area contributed by atoms with Crippen LogP contribution in [0.3, 0.4) is 0 Å². The molecule has 4 rings (SSSR count). The van der Waals surface area contributed by atoms with E-state index in [2.05, 4.69) is 5.32 Å². The summed E-state index contributed by atoms with van der Waals surface area (Å²) in [6.07, 6.45) is 2.86. The van der Waals surface area contributed by atoms with Crippen molar-refractivity contribution in [2.45, 2.75) is 43.9 Å². The van der Waals surface area contributed by atoms with Gasteiger partial charge in [-0.15, -0.1) is 0 Å². The lowest BCUT2D eigenvalue weighted by molar-refractivity contribution is -0.116. The Labute approximate surface area is 194 Å². The number of hydrogen-bond acceptors (Lipinski definition) is 4. The SMILES string of the molecule is Cc1ccc(S(=O)(=O)N2CCCCC2)cc1NC(=O)CCC(=O)c1ccc2ccccc2c1. The number of rotatable bonds is 7. The minimum absolute atomic E-state index is 0.0220. The third-order valence-corrected chi connectivity index (χ3v) is 7.98. The molecule has 0 atom stereocenters.